The Morgan fingerprint density at radius 1 is 1.23 bits per heavy atom. The summed E-state index contributed by atoms with van der Waals surface area (Å²) in [6, 6.07) is 9.48. The van der Waals surface area contributed by atoms with Crippen LogP contribution in [0.1, 0.15) is 23.6 Å². The van der Waals surface area contributed by atoms with Crippen LogP contribution < -0.4 is 15.4 Å². The molecule has 1 saturated heterocycles. The highest BCUT2D eigenvalue weighted by molar-refractivity contribution is 7.89. The van der Waals surface area contributed by atoms with Crippen LogP contribution in [0.4, 0.5) is 4.39 Å². The number of benzene rings is 2. The molecule has 3 aromatic rings. The fourth-order valence-corrected chi connectivity index (χ4v) is 6.00. The molecule has 0 radical (unpaired) electrons. The molecule has 3 N–H and O–H groups in total. The molecule has 13 heteroatoms. The molecule has 0 aliphatic carbocycles. The number of ether oxygens (including phenoxy) is 1. The van der Waals surface area contributed by atoms with Crippen LogP contribution in [-0.4, -0.2) is 71.1 Å². The molecule has 40 heavy (non-hydrogen) atoms. The van der Waals surface area contributed by atoms with Crippen molar-refractivity contribution in [3.8, 4) is 5.75 Å². The first kappa shape index (κ1) is 29.1. The highest BCUT2D eigenvalue weighted by Gasteiger charge is 2.42. The van der Waals surface area contributed by atoms with Crippen molar-refractivity contribution < 1.29 is 32.2 Å². The van der Waals surface area contributed by atoms with Gasteiger partial charge in [0.25, 0.3) is 15.9 Å². The lowest BCUT2D eigenvalue weighted by Crippen LogP contribution is -2.64. The Labute approximate surface area is 231 Å². The van der Waals surface area contributed by atoms with Crippen molar-refractivity contribution in [2.45, 2.75) is 50.0 Å². The van der Waals surface area contributed by atoms with Gasteiger partial charge in [-0.15, -0.1) is 0 Å². The molecule has 0 spiro atoms. The van der Waals surface area contributed by atoms with Crippen molar-refractivity contribution >= 4 is 21.8 Å². The van der Waals surface area contributed by atoms with E-state index < -0.39 is 45.8 Å². The van der Waals surface area contributed by atoms with E-state index in [9.17, 15) is 27.5 Å². The number of halogens is 1. The minimum Gasteiger partial charge on any atom is -0.489 e. The molecule has 11 nitrogen and oxygen atoms in total. The minimum absolute atomic E-state index is 0.0377. The van der Waals surface area contributed by atoms with Crippen LogP contribution in [0.3, 0.4) is 0 Å². The first-order valence-corrected chi connectivity index (χ1v) is 14.0. The largest absolute Gasteiger partial charge is 0.489 e. The second-order valence-electron chi connectivity index (χ2n) is 9.50. The second-order valence-corrected chi connectivity index (χ2v) is 11.4. The summed E-state index contributed by atoms with van der Waals surface area (Å²) in [6.07, 6.45) is 1.41. The Bertz CT molecular complexity index is 1470. The first-order valence-electron chi connectivity index (χ1n) is 12.5. The molecule has 4 rings (SSSR count). The fourth-order valence-electron chi connectivity index (χ4n) is 4.48. The highest BCUT2D eigenvalue weighted by atomic mass is 32.2. The van der Waals surface area contributed by atoms with E-state index in [0.717, 1.165) is 9.87 Å². The summed E-state index contributed by atoms with van der Waals surface area (Å²) >= 11 is 0. The summed E-state index contributed by atoms with van der Waals surface area (Å²) in [5.74, 6) is -1.73. The normalized spacial score (nSPS) is 17.2. The van der Waals surface area contributed by atoms with E-state index in [1.165, 1.54) is 43.6 Å². The summed E-state index contributed by atoms with van der Waals surface area (Å²) in [5, 5.41) is 24.2. The quantitative estimate of drug-likeness (QED) is 0.325. The number of hydrogen-bond acceptors (Lipinski definition) is 9. The van der Waals surface area contributed by atoms with Gasteiger partial charge in [0, 0.05) is 37.8 Å². The summed E-state index contributed by atoms with van der Waals surface area (Å²) in [6.45, 7) is 3.06. The SMILES string of the molecule is CC(=O)N[C@@H](Cc1cc(F)cc(OCc2ccnnc2)c1)[C@H](O)[C@@H]1NCCN(S(=O)(=O)c2cccc(C)c2)C1=O. The van der Waals surface area contributed by atoms with Crippen LogP contribution in [0.25, 0.3) is 0 Å². The number of piperazine rings is 1. The monoisotopic (exact) mass is 571 g/mol. The zero-order valence-electron chi connectivity index (χ0n) is 22.0. The molecule has 2 aromatic carbocycles. The van der Waals surface area contributed by atoms with Gasteiger partial charge in [-0.1, -0.05) is 12.1 Å². The van der Waals surface area contributed by atoms with Crippen LogP contribution in [-0.2, 0) is 32.6 Å². The van der Waals surface area contributed by atoms with Gasteiger partial charge >= 0.3 is 0 Å². The van der Waals surface area contributed by atoms with E-state index in [4.69, 9.17) is 4.74 Å². The Balaban J connectivity index is 1.53. The van der Waals surface area contributed by atoms with Gasteiger partial charge in [0.2, 0.25) is 5.91 Å². The zero-order chi connectivity index (χ0) is 28.9. The number of aryl methyl sites for hydroxylation is 1. The standard InChI is InChI=1S/C27H30FN5O6S/c1-17-4-3-5-23(10-17)40(37,38)33-9-8-29-25(27(33)36)26(35)24(32-18(2)34)13-20-11-21(28)14-22(12-20)39-16-19-6-7-30-31-15-19/h3-7,10-12,14-15,24-26,29,35H,8-9,13,16H2,1-2H3,(H,32,34)/t24-,25-,26-/m0/s1. The predicted molar refractivity (Wildman–Crippen MR) is 142 cm³/mol. The number of amides is 2. The van der Waals surface area contributed by atoms with Gasteiger partial charge in [0.15, 0.2) is 0 Å². The van der Waals surface area contributed by atoms with Crippen molar-refractivity contribution in [1.82, 2.24) is 25.1 Å². The van der Waals surface area contributed by atoms with E-state index >= 15 is 0 Å². The first-order chi connectivity index (χ1) is 19.0. The smallest absolute Gasteiger partial charge is 0.266 e. The summed E-state index contributed by atoms with van der Waals surface area (Å²) in [5.41, 5.74) is 1.81. The molecule has 0 unspecified atom stereocenters. The van der Waals surface area contributed by atoms with E-state index in [2.05, 4.69) is 20.8 Å². The van der Waals surface area contributed by atoms with Gasteiger partial charge in [-0.2, -0.15) is 10.2 Å². The van der Waals surface area contributed by atoms with Crippen LogP contribution in [0.5, 0.6) is 5.75 Å². The number of carbonyl (C=O) groups is 2. The molecule has 1 aliphatic rings. The van der Waals surface area contributed by atoms with Gasteiger partial charge in [0.05, 0.1) is 23.2 Å². The Morgan fingerprint density at radius 2 is 2.02 bits per heavy atom. The lowest BCUT2D eigenvalue weighted by atomic mass is 9.94. The number of aliphatic hydroxyl groups excluding tert-OH is 1. The molecule has 0 bridgehead atoms. The molecule has 212 valence electrons. The number of sulfonamides is 1. The number of nitrogens with one attached hydrogen (secondary N) is 2. The van der Waals surface area contributed by atoms with Gasteiger partial charge < -0.3 is 20.5 Å². The van der Waals surface area contributed by atoms with Crippen LogP contribution >= 0.6 is 0 Å². The van der Waals surface area contributed by atoms with Crippen molar-refractivity contribution in [3.05, 3.63) is 83.4 Å². The van der Waals surface area contributed by atoms with E-state index in [-0.39, 0.29) is 36.8 Å². The lowest BCUT2D eigenvalue weighted by molar-refractivity contribution is -0.135. The van der Waals surface area contributed by atoms with Crippen molar-refractivity contribution in [1.29, 1.82) is 0 Å². The second kappa shape index (κ2) is 12.5. The topological polar surface area (TPSA) is 151 Å². The molecular weight excluding hydrogens is 541 g/mol. The van der Waals surface area contributed by atoms with Crippen molar-refractivity contribution in [2.75, 3.05) is 13.1 Å². The summed E-state index contributed by atoms with van der Waals surface area (Å²) in [7, 11) is -4.18. The Hall–Kier alpha value is -3.94. The molecule has 0 saturated carbocycles. The third-order valence-corrected chi connectivity index (χ3v) is 8.14. The van der Waals surface area contributed by atoms with Crippen molar-refractivity contribution in [3.63, 3.8) is 0 Å². The van der Waals surface area contributed by atoms with Crippen LogP contribution in [0.2, 0.25) is 0 Å². The molecule has 2 heterocycles. The Kier molecular flexibility index (Phi) is 9.07. The minimum atomic E-state index is -4.18. The summed E-state index contributed by atoms with van der Waals surface area (Å²) < 4.78 is 47.4. The maximum atomic E-state index is 14.5. The number of carbonyl (C=O) groups excluding carboxylic acids is 2. The molecule has 1 aromatic heterocycles. The highest BCUT2D eigenvalue weighted by Crippen LogP contribution is 2.23. The molecule has 2 amide bonds. The molecule has 1 fully saturated rings. The van der Waals surface area contributed by atoms with Gasteiger partial charge in [0.1, 0.15) is 24.2 Å². The maximum Gasteiger partial charge on any atom is 0.266 e. The number of hydrogen-bond donors (Lipinski definition) is 3. The lowest BCUT2D eigenvalue weighted by Gasteiger charge is -2.37. The van der Waals surface area contributed by atoms with E-state index in [1.54, 1.807) is 31.2 Å². The third kappa shape index (κ3) is 6.97. The van der Waals surface area contributed by atoms with Crippen LogP contribution in [0, 0.1) is 12.7 Å². The van der Waals surface area contributed by atoms with Gasteiger partial charge in [-0.3, -0.25) is 9.59 Å². The number of nitrogens with zero attached hydrogens (tertiary/aromatic N) is 3. The molecular formula is C27H30FN5O6S. The van der Waals surface area contributed by atoms with E-state index in [0.29, 0.717) is 11.1 Å². The molecule has 3 atom stereocenters. The third-order valence-electron chi connectivity index (χ3n) is 6.35. The zero-order valence-corrected chi connectivity index (χ0v) is 22.8. The van der Waals surface area contributed by atoms with Gasteiger partial charge in [-0.05, 0) is 54.8 Å². The summed E-state index contributed by atoms with van der Waals surface area (Å²) in [4.78, 5) is 25.3. The fraction of sp³-hybridized carbons (Fsp3) is 0.333. The number of rotatable bonds is 10. The average molecular weight is 572 g/mol. The predicted octanol–water partition coefficient (Wildman–Crippen LogP) is 1.10. The Morgan fingerprint density at radius 3 is 2.73 bits per heavy atom. The maximum absolute atomic E-state index is 14.5. The van der Waals surface area contributed by atoms with Crippen molar-refractivity contribution in [2.24, 2.45) is 0 Å². The van der Waals surface area contributed by atoms with Crippen LogP contribution in [0.15, 0.2) is 65.8 Å². The van der Waals surface area contributed by atoms with E-state index in [1.807, 2.05) is 0 Å². The molecule has 1 aliphatic heterocycles. The van der Waals surface area contributed by atoms with Gasteiger partial charge in [-0.25, -0.2) is 17.1 Å². The number of aliphatic hydroxyl groups is 1. The number of aromatic nitrogens is 2. The average Bonchev–Trinajstić information content (AvgIpc) is 2.91.